The van der Waals surface area contributed by atoms with Gasteiger partial charge in [-0.05, 0) is 19.4 Å². The zero-order valence-corrected chi connectivity index (χ0v) is 10.3. The van der Waals surface area contributed by atoms with E-state index in [0.29, 0.717) is 0 Å². The van der Waals surface area contributed by atoms with E-state index in [4.69, 9.17) is 9.84 Å². The summed E-state index contributed by atoms with van der Waals surface area (Å²) in [6, 6.07) is 4.39. The SMILES string of the molecule is CCOC(=O)Cc1cccc(C(C)C(=O)O)c1F. The number of hydrogen-bond acceptors (Lipinski definition) is 3. The summed E-state index contributed by atoms with van der Waals surface area (Å²) in [7, 11) is 0. The van der Waals surface area contributed by atoms with Crippen LogP contribution >= 0.6 is 0 Å². The second-order valence-corrected chi connectivity index (χ2v) is 3.86. The van der Waals surface area contributed by atoms with Gasteiger partial charge in [0.2, 0.25) is 0 Å². The first-order chi connectivity index (χ1) is 8.47. The Labute approximate surface area is 104 Å². The molecule has 0 fully saturated rings. The standard InChI is InChI=1S/C13H15FO4/c1-3-18-11(15)7-9-5-4-6-10(12(9)14)8(2)13(16)17/h4-6,8H,3,7H2,1-2H3,(H,16,17). The van der Waals surface area contributed by atoms with Crippen molar-refractivity contribution in [1.82, 2.24) is 0 Å². The highest BCUT2D eigenvalue weighted by atomic mass is 19.1. The molecule has 1 atom stereocenters. The van der Waals surface area contributed by atoms with E-state index in [9.17, 15) is 14.0 Å². The lowest BCUT2D eigenvalue weighted by atomic mass is 9.97. The van der Waals surface area contributed by atoms with Gasteiger partial charge in [-0.15, -0.1) is 0 Å². The summed E-state index contributed by atoms with van der Waals surface area (Å²) in [6.07, 6.45) is -0.195. The number of carboxylic acid groups (broad SMARTS) is 1. The van der Waals surface area contributed by atoms with Crippen LogP contribution in [0.5, 0.6) is 0 Å². The number of carboxylic acids is 1. The first-order valence-electron chi connectivity index (χ1n) is 5.63. The third kappa shape index (κ3) is 3.29. The molecule has 0 bridgehead atoms. The molecule has 18 heavy (non-hydrogen) atoms. The molecule has 0 saturated heterocycles. The van der Waals surface area contributed by atoms with E-state index in [0.717, 1.165) is 0 Å². The predicted molar refractivity (Wildman–Crippen MR) is 62.8 cm³/mol. The molecule has 1 N–H and O–H groups in total. The molecule has 0 spiro atoms. The summed E-state index contributed by atoms with van der Waals surface area (Å²) < 4.78 is 18.7. The largest absolute Gasteiger partial charge is 0.481 e. The van der Waals surface area contributed by atoms with Gasteiger partial charge >= 0.3 is 11.9 Å². The molecular formula is C13H15FO4. The fraction of sp³-hybridized carbons (Fsp3) is 0.385. The van der Waals surface area contributed by atoms with Crippen LogP contribution in [0.25, 0.3) is 0 Å². The number of hydrogen-bond donors (Lipinski definition) is 1. The second-order valence-electron chi connectivity index (χ2n) is 3.86. The van der Waals surface area contributed by atoms with Gasteiger partial charge < -0.3 is 9.84 Å². The maximum Gasteiger partial charge on any atom is 0.310 e. The van der Waals surface area contributed by atoms with Crippen molar-refractivity contribution >= 4 is 11.9 Å². The van der Waals surface area contributed by atoms with Gasteiger partial charge in [0.05, 0.1) is 18.9 Å². The molecule has 1 aromatic rings. The van der Waals surface area contributed by atoms with E-state index in [1.807, 2.05) is 0 Å². The van der Waals surface area contributed by atoms with Crippen LogP contribution in [0.4, 0.5) is 4.39 Å². The molecule has 0 amide bonds. The third-order valence-electron chi connectivity index (χ3n) is 2.59. The van der Waals surface area contributed by atoms with E-state index in [1.54, 1.807) is 6.92 Å². The molecule has 1 unspecified atom stereocenters. The summed E-state index contributed by atoms with van der Waals surface area (Å²) in [4.78, 5) is 22.1. The molecule has 0 aliphatic heterocycles. The second kappa shape index (κ2) is 6.14. The van der Waals surface area contributed by atoms with Crippen LogP contribution in [0.15, 0.2) is 18.2 Å². The van der Waals surface area contributed by atoms with E-state index in [-0.39, 0.29) is 24.2 Å². The number of esters is 1. The van der Waals surface area contributed by atoms with Crippen molar-refractivity contribution in [3.63, 3.8) is 0 Å². The Kier molecular flexibility index (Phi) is 4.83. The monoisotopic (exact) mass is 254 g/mol. The molecule has 5 heteroatoms. The molecule has 0 aromatic heterocycles. The van der Waals surface area contributed by atoms with Gasteiger partial charge in [-0.1, -0.05) is 18.2 Å². The molecule has 4 nitrogen and oxygen atoms in total. The minimum absolute atomic E-state index is 0.0734. The minimum Gasteiger partial charge on any atom is -0.481 e. The fourth-order valence-electron chi connectivity index (χ4n) is 1.57. The van der Waals surface area contributed by atoms with Crippen molar-refractivity contribution in [2.45, 2.75) is 26.2 Å². The van der Waals surface area contributed by atoms with Crippen molar-refractivity contribution in [3.8, 4) is 0 Å². The molecule has 98 valence electrons. The van der Waals surface area contributed by atoms with E-state index < -0.39 is 23.7 Å². The molecule has 1 rings (SSSR count). The average Bonchev–Trinajstić information content (AvgIpc) is 2.31. The van der Waals surface area contributed by atoms with Crippen molar-refractivity contribution in [2.75, 3.05) is 6.61 Å². The molecule has 0 aliphatic carbocycles. The van der Waals surface area contributed by atoms with Crippen LogP contribution in [-0.4, -0.2) is 23.7 Å². The lowest BCUT2D eigenvalue weighted by Crippen LogP contribution is -2.13. The summed E-state index contributed by atoms with van der Waals surface area (Å²) in [5.74, 6) is -3.24. The van der Waals surface area contributed by atoms with Crippen LogP contribution in [0.2, 0.25) is 0 Å². The quantitative estimate of drug-likeness (QED) is 0.817. The number of halogens is 1. The smallest absolute Gasteiger partial charge is 0.310 e. The van der Waals surface area contributed by atoms with Gasteiger partial charge in [0.25, 0.3) is 0 Å². The number of carbonyl (C=O) groups is 2. The van der Waals surface area contributed by atoms with E-state index >= 15 is 0 Å². The molecule has 0 saturated carbocycles. The van der Waals surface area contributed by atoms with Crippen LogP contribution in [-0.2, 0) is 20.7 Å². The maximum atomic E-state index is 14.0. The van der Waals surface area contributed by atoms with Crippen molar-refractivity contribution < 1.29 is 23.8 Å². The lowest BCUT2D eigenvalue weighted by Gasteiger charge is -2.11. The Bertz CT molecular complexity index is 456. The number of aliphatic carboxylic acids is 1. The first kappa shape index (κ1) is 14.2. The predicted octanol–water partition coefficient (Wildman–Crippen LogP) is 2.12. The average molecular weight is 254 g/mol. The highest BCUT2D eigenvalue weighted by Crippen LogP contribution is 2.22. The normalized spacial score (nSPS) is 11.9. The highest BCUT2D eigenvalue weighted by molar-refractivity contribution is 5.76. The first-order valence-corrected chi connectivity index (χ1v) is 5.63. The molecular weight excluding hydrogens is 239 g/mol. The van der Waals surface area contributed by atoms with Crippen LogP contribution in [0.3, 0.4) is 0 Å². The fourth-order valence-corrected chi connectivity index (χ4v) is 1.57. The van der Waals surface area contributed by atoms with Gasteiger partial charge in [0.1, 0.15) is 5.82 Å². The van der Waals surface area contributed by atoms with Gasteiger partial charge in [0.15, 0.2) is 0 Å². The Morgan fingerprint density at radius 3 is 2.67 bits per heavy atom. The third-order valence-corrected chi connectivity index (χ3v) is 2.59. The number of rotatable bonds is 5. The number of ether oxygens (including phenoxy) is 1. The summed E-state index contributed by atoms with van der Waals surface area (Å²) in [5.41, 5.74) is 0.225. The van der Waals surface area contributed by atoms with Crippen molar-refractivity contribution in [2.24, 2.45) is 0 Å². The lowest BCUT2D eigenvalue weighted by molar-refractivity contribution is -0.142. The Hall–Kier alpha value is -1.91. The summed E-state index contributed by atoms with van der Waals surface area (Å²) in [6.45, 7) is 3.29. The van der Waals surface area contributed by atoms with Crippen LogP contribution < -0.4 is 0 Å². The number of benzene rings is 1. The number of carbonyl (C=O) groups excluding carboxylic acids is 1. The van der Waals surface area contributed by atoms with Crippen LogP contribution in [0.1, 0.15) is 30.9 Å². The summed E-state index contributed by atoms with van der Waals surface area (Å²) >= 11 is 0. The molecule has 0 radical (unpaired) electrons. The van der Waals surface area contributed by atoms with Gasteiger partial charge in [-0.2, -0.15) is 0 Å². The Morgan fingerprint density at radius 1 is 1.44 bits per heavy atom. The minimum atomic E-state index is -1.11. The highest BCUT2D eigenvalue weighted by Gasteiger charge is 2.20. The topological polar surface area (TPSA) is 63.6 Å². The maximum absolute atomic E-state index is 14.0. The van der Waals surface area contributed by atoms with E-state index in [2.05, 4.69) is 0 Å². The molecule has 0 aliphatic rings. The Morgan fingerprint density at radius 2 is 2.11 bits per heavy atom. The zero-order valence-electron chi connectivity index (χ0n) is 10.3. The van der Waals surface area contributed by atoms with Crippen molar-refractivity contribution in [3.05, 3.63) is 35.1 Å². The Balaban J connectivity index is 2.98. The van der Waals surface area contributed by atoms with E-state index in [1.165, 1.54) is 25.1 Å². The van der Waals surface area contributed by atoms with Gasteiger partial charge in [-0.3, -0.25) is 9.59 Å². The summed E-state index contributed by atoms with van der Waals surface area (Å²) in [5, 5.41) is 8.86. The van der Waals surface area contributed by atoms with Crippen LogP contribution in [0, 0.1) is 5.82 Å². The molecule has 0 heterocycles. The van der Waals surface area contributed by atoms with Gasteiger partial charge in [0, 0.05) is 5.56 Å². The van der Waals surface area contributed by atoms with Crippen molar-refractivity contribution in [1.29, 1.82) is 0 Å². The molecule has 1 aromatic carbocycles. The zero-order chi connectivity index (χ0) is 13.7. The van der Waals surface area contributed by atoms with Gasteiger partial charge in [-0.25, -0.2) is 4.39 Å².